The van der Waals surface area contributed by atoms with E-state index in [1.54, 1.807) is 12.4 Å². The van der Waals surface area contributed by atoms with Crippen molar-refractivity contribution in [1.82, 2.24) is 15.3 Å². The normalized spacial score (nSPS) is 9.27. The van der Waals surface area contributed by atoms with Crippen LogP contribution in [0.1, 0.15) is 12.0 Å². The van der Waals surface area contributed by atoms with Crippen molar-refractivity contribution < 1.29 is 0 Å². The molecular weight excluding hydrogens is 228 g/mol. The maximum atomic E-state index is 8.34. The van der Waals surface area contributed by atoms with E-state index >= 15 is 0 Å². The Bertz CT molecular complexity index is 347. The Balaban J connectivity index is 2.20. The molecule has 6 heteroatoms. The summed E-state index contributed by atoms with van der Waals surface area (Å²) in [4.78, 5) is 7.79. The zero-order chi connectivity index (χ0) is 10.9. The smallest absolute Gasteiger partial charge is 0.134 e. The van der Waals surface area contributed by atoms with E-state index in [0.717, 1.165) is 11.3 Å². The van der Waals surface area contributed by atoms with E-state index in [9.17, 15) is 0 Å². The highest BCUT2D eigenvalue weighted by Gasteiger charge is 1.97. The number of aromatic nitrogens is 2. The number of hydrogen-bond donors (Lipinski definition) is 1. The Hall–Kier alpha value is -1.19. The van der Waals surface area contributed by atoms with Gasteiger partial charge in [0.2, 0.25) is 0 Å². The SMILES string of the molecule is N#CCCSC(=S)NCc1cncnc1. The number of hydrogen-bond acceptors (Lipinski definition) is 5. The lowest BCUT2D eigenvalue weighted by Crippen LogP contribution is -2.18. The number of thiocarbonyl (C=S) groups is 1. The molecule has 0 aliphatic rings. The summed E-state index contributed by atoms with van der Waals surface area (Å²) in [5.41, 5.74) is 0.987. The topological polar surface area (TPSA) is 61.6 Å². The lowest BCUT2D eigenvalue weighted by molar-refractivity contribution is 0.913. The third kappa shape index (κ3) is 5.30. The third-order valence-electron chi connectivity index (χ3n) is 1.50. The molecule has 0 bridgehead atoms. The second kappa shape index (κ2) is 7.15. The lowest BCUT2D eigenvalue weighted by Gasteiger charge is -2.05. The Morgan fingerprint density at radius 1 is 1.53 bits per heavy atom. The predicted octanol–water partition coefficient (Wildman–Crippen LogP) is 1.50. The fourth-order valence-corrected chi connectivity index (χ4v) is 1.71. The van der Waals surface area contributed by atoms with Crippen LogP contribution < -0.4 is 5.32 Å². The Morgan fingerprint density at radius 2 is 2.27 bits per heavy atom. The molecule has 1 aromatic heterocycles. The van der Waals surface area contributed by atoms with E-state index in [1.807, 2.05) is 0 Å². The van der Waals surface area contributed by atoms with Gasteiger partial charge in [0.25, 0.3) is 0 Å². The van der Waals surface area contributed by atoms with Gasteiger partial charge in [-0.1, -0.05) is 24.0 Å². The van der Waals surface area contributed by atoms with Crippen LogP contribution in [0, 0.1) is 11.3 Å². The first-order valence-corrected chi connectivity index (χ1v) is 5.74. The minimum Gasteiger partial charge on any atom is -0.367 e. The van der Waals surface area contributed by atoms with Gasteiger partial charge in [-0.05, 0) is 0 Å². The Kier molecular flexibility index (Phi) is 5.66. The van der Waals surface area contributed by atoms with Gasteiger partial charge in [0, 0.05) is 36.7 Å². The van der Waals surface area contributed by atoms with E-state index in [1.165, 1.54) is 18.1 Å². The molecule has 4 nitrogen and oxygen atoms in total. The zero-order valence-electron chi connectivity index (χ0n) is 8.01. The van der Waals surface area contributed by atoms with Crippen molar-refractivity contribution in [1.29, 1.82) is 5.26 Å². The van der Waals surface area contributed by atoms with Gasteiger partial charge in [-0.25, -0.2) is 9.97 Å². The number of nitriles is 1. The molecule has 0 spiro atoms. The van der Waals surface area contributed by atoms with Crippen molar-refractivity contribution in [2.75, 3.05) is 5.75 Å². The van der Waals surface area contributed by atoms with Crippen molar-refractivity contribution in [3.8, 4) is 6.07 Å². The summed E-state index contributed by atoms with van der Waals surface area (Å²) < 4.78 is 0.703. The number of thioether (sulfide) groups is 1. The van der Waals surface area contributed by atoms with Gasteiger partial charge in [-0.3, -0.25) is 0 Å². The second-order valence-corrected chi connectivity index (χ2v) is 4.42. The van der Waals surface area contributed by atoms with Crippen molar-refractivity contribution >= 4 is 28.3 Å². The summed E-state index contributed by atoms with van der Waals surface area (Å²) in [7, 11) is 0. The van der Waals surface area contributed by atoms with E-state index in [2.05, 4.69) is 21.4 Å². The van der Waals surface area contributed by atoms with Gasteiger partial charge in [0.15, 0.2) is 0 Å². The number of nitrogens with zero attached hydrogens (tertiary/aromatic N) is 3. The van der Waals surface area contributed by atoms with E-state index < -0.39 is 0 Å². The molecular formula is C9H10N4S2. The first kappa shape index (κ1) is 11.9. The van der Waals surface area contributed by atoms with Crippen LogP contribution in [0.5, 0.6) is 0 Å². The maximum Gasteiger partial charge on any atom is 0.134 e. The summed E-state index contributed by atoms with van der Waals surface area (Å²) in [6.45, 7) is 0.624. The van der Waals surface area contributed by atoms with Gasteiger partial charge in [0.1, 0.15) is 10.6 Å². The molecule has 1 heterocycles. The van der Waals surface area contributed by atoms with E-state index in [4.69, 9.17) is 17.5 Å². The molecule has 1 aromatic rings. The van der Waals surface area contributed by atoms with Crippen LogP contribution in [0.2, 0.25) is 0 Å². The van der Waals surface area contributed by atoms with Crippen molar-refractivity contribution in [3.05, 3.63) is 24.3 Å². The molecule has 15 heavy (non-hydrogen) atoms. The molecule has 1 N–H and O–H groups in total. The van der Waals surface area contributed by atoms with Gasteiger partial charge in [-0.15, -0.1) is 0 Å². The van der Waals surface area contributed by atoms with Crippen LogP contribution >= 0.6 is 24.0 Å². The second-order valence-electron chi connectivity index (χ2n) is 2.64. The standard InChI is InChI=1S/C9H10N4S2/c10-2-1-3-15-9(14)13-6-8-4-11-7-12-5-8/h4-5,7H,1,3,6H2,(H,13,14). The van der Waals surface area contributed by atoms with Crippen molar-refractivity contribution in [2.24, 2.45) is 0 Å². The van der Waals surface area contributed by atoms with E-state index in [0.29, 0.717) is 17.3 Å². The molecule has 0 saturated heterocycles. The molecule has 78 valence electrons. The molecule has 0 aliphatic heterocycles. The summed E-state index contributed by atoms with van der Waals surface area (Å²) in [5.74, 6) is 0.730. The summed E-state index contributed by atoms with van der Waals surface area (Å²) in [5, 5.41) is 11.4. The molecule has 0 fully saturated rings. The molecule has 0 atom stereocenters. The average Bonchev–Trinajstić information content (AvgIpc) is 2.28. The highest BCUT2D eigenvalue weighted by Crippen LogP contribution is 2.04. The molecule has 0 saturated carbocycles. The molecule has 0 unspecified atom stereocenters. The van der Waals surface area contributed by atoms with Crippen LogP contribution in [0.15, 0.2) is 18.7 Å². The van der Waals surface area contributed by atoms with Crippen LogP contribution in [0.3, 0.4) is 0 Å². The molecule has 0 aliphatic carbocycles. The summed E-state index contributed by atoms with van der Waals surface area (Å²) in [6, 6.07) is 2.07. The van der Waals surface area contributed by atoms with Crippen LogP contribution in [0.4, 0.5) is 0 Å². The average molecular weight is 238 g/mol. The number of nitrogens with one attached hydrogen (secondary N) is 1. The Morgan fingerprint density at radius 3 is 2.93 bits per heavy atom. The van der Waals surface area contributed by atoms with Gasteiger partial charge in [-0.2, -0.15) is 5.26 Å². The largest absolute Gasteiger partial charge is 0.367 e. The molecule has 0 radical (unpaired) electrons. The summed E-state index contributed by atoms with van der Waals surface area (Å²) in [6.07, 6.45) is 5.48. The monoisotopic (exact) mass is 238 g/mol. The van der Waals surface area contributed by atoms with Crippen LogP contribution in [-0.2, 0) is 6.54 Å². The fourth-order valence-electron chi connectivity index (χ4n) is 0.836. The zero-order valence-corrected chi connectivity index (χ0v) is 9.64. The van der Waals surface area contributed by atoms with Gasteiger partial charge < -0.3 is 5.32 Å². The first-order chi connectivity index (χ1) is 7.33. The molecule has 0 aromatic carbocycles. The minimum atomic E-state index is 0.515. The highest BCUT2D eigenvalue weighted by molar-refractivity contribution is 8.22. The quantitative estimate of drug-likeness (QED) is 0.633. The van der Waals surface area contributed by atoms with Crippen LogP contribution in [-0.4, -0.2) is 20.0 Å². The summed E-state index contributed by atoms with van der Waals surface area (Å²) >= 11 is 6.55. The van der Waals surface area contributed by atoms with Gasteiger partial charge in [0.05, 0.1) is 6.07 Å². The first-order valence-electron chi connectivity index (χ1n) is 4.34. The molecule has 0 amide bonds. The predicted molar refractivity (Wildman–Crippen MR) is 64.2 cm³/mol. The van der Waals surface area contributed by atoms with Crippen LogP contribution in [0.25, 0.3) is 0 Å². The third-order valence-corrected chi connectivity index (χ3v) is 2.81. The maximum absolute atomic E-state index is 8.34. The molecule has 1 rings (SSSR count). The van der Waals surface area contributed by atoms with E-state index in [-0.39, 0.29) is 0 Å². The lowest BCUT2D eigenvalue weighted by atomic mass is 10.3. The fraction of sp³-hybridized carbons (Fsp3) is 0.333. The Labute approximate surface area is 98.1 Å². The van der Waals surface area contributed by atoms with Gasteiger partial charge >= 0.3 is 0 Å². The highest BCUT2D eigenvalue weighted by atomic mass is 32.2. The van der Waals surface area contributed by atoms with Crippen molar-refractivity contribution in [2.45, 2.75) is 13.0 Å². The minimum absolute atomic E-state index is 0.515. The number of rotatable bonds is 4. The van der Waals surface area contributed by atoms with Crippen molar-refractivity contribution in [3.63, 3.8) is 0 Å².